The first kappa shape index (κ1) is 20.6. The number of rotatable bonds is 4. The largest absolute Gasteiger partial charge is 0.480 e. The van der Waals surface area contributed by atoms with Gasteiger partial charge in [0.15, 0.2) is 5.69 Å². The van der Waals surface area contributed by atoms with Gasteiger partial charge < -0.3 is 10.1 Å². The van der Waals surface area contributed by atoms with Crippen molar-refractivity contribution in [3.8, 4) is 11.6 Å². The molecule has 11 heteroatoms. The Morgan fingerprint density at radius 3 is 2.65 bits per heavy atom. The minimum Gasteiger partial charge on any atom is -0.480 e. The zero-order valence-electron chi connectivity index (χ0n) is 15.8. The maximum absolute atomic E-state index is 14.0. The molecule has 7 nitrogen and oxygen atoms in total. The normalized spacial score (nSPS) is 11.5. The smallest absolute Gasteiger partial charge is 0.434 e. The fraction of sp³-hybridized carbons (Fsp3) is 0.100. The van der Waals surface area contributed by atoms with E-state index in [4.69, 9.17) is 16.3 Å². The van der Waals surface area contributed by atoms with Crippen LogP contribution in [-0.2, 0) is 6.18 Å². The lowest BCUT2D eigenvalue weighted by atomic mass is 10.1. The van der Waals surface area contributed by atoms with Crippen LogP contribution in [0, 0.1) is 0 Å². The fourth-order valence-electron chi connectivity index (χ4n) is 3.08. The first-order valence-corrected chi connectivity index (χ1v) is 9.16. The van der Waals surface area contributed by atoms with Crippen LogP contribution in [0.2, 0.25) is 5.02 Å². The number of benzene rings is 1. The van der Waals surface area contributed by atoms with Gasteiger partial charge in [0.25, 0.3) is 5.91 Å². The minimum absolute atomic E-state index is 0.0915. The lowest BCUT2D eigenvalue weighted by Crippen LogP contribution is -2.21. The highest BCUT2D eigenvalue weighted by molar-refractivity contribution is 6.32. The quantitative estimate of drug-likeness (QED) is 0.488. The molecule has 0 aliphatic rings. The van der Waals surface area contributed by atoms with Gasteiger partial charge in [-0.25, -0.2) is 9.67 Å². The van der Waals surface area contributed by atoms with E-state index in [-0.39, 0.29) is 22.3 Å². The van der Waals surface area contributed by atoms with Gasteiger partial charge in [-0.15, -0.1) is 0 Å². The van der Waals surface area contributed by atoms with Crippen molar-refractivity contribution in [3.05, 3.63) is 71.4 Å². The average Bonchev–Trinajstić information content (AvgIpc) is 3.19. The number of anilines is 1. The molecule has 0 bridgehead atoms. The first-order chi connectivity index (χ1) is 14.8. The number of fused-ring (bicyclic) bond motifs is 1. The van der Waals surface area contributed by atoms with Gasteiger partial charge in [0.05, 0.1) is 42.6 Å². The van der Waals surface area contributed by atoms with Gasteiger partial charge in [-0.2, -0.15) is 18.3 Å². The van der Waals surface area contributed by atoms with Gasteiger partial charge in [-0.05, 0) is 6.07 Å². The topological polar surface area (TPSA) is 81.9 Å². The molecule has 0 fully saturated rings. The number of hydrogen-bond donors (Lipinski definition) is 1. The summed E-state index contributed by atoms with van der Waals surface area (Å²) >= 11 is 5.96. The summed E-state index contributed by atoms with van der Waals surface area (Å²) < 4.78 is 47.5. The third-order valence-corrected chi connectivity index (χ3v) is 4.69. The zero-order valence-corrected chi connectivity index (χ0v) is 16.6. The van der Waals surface area contributed by atoms with Crippen molar-refractivity contribution >= 4 is 34.0 Å². The van der Waals surface area contributed by atoms with Crippen molar-refractivity contribution in [1.82, 2.24) is 19.7 Å². The number of aromatic nitrogens is 4. The molecule has 0 radical (unpaired) electrons. The maximum Gasteiger partial charge on any atom is 0.434 e. The van der Waals surface area contributed by atoms with E-state index in [1.165, 1.54) is 31.8 Å². The summed E-state index contributed by atoms with van der Waals surface area (Å²) in [6, 6.07) is 8.12. The number of nitrogens with zero attached hydrogens (tertiary/aromatic N) is 4. The molecule has 0 aliphatic carbocycles. The second-order valence-electron chi connectivity index (χ2n) is 6.37. The molecule has 0 unspecified atom stereocenters. The Balaban J connectivity index is 1.78. The fourth-order valence-corrected chi connectivity index (χ4v) is 3.33. The van der Waals surface area contributed by atoms with Crippen molar-refractivity contribution in [2.75, 3.05) is 12.4 Å². The van der Waals surface area contributed by atoms with Crippen molar-refractivity contribution in [1.29, 1.82) is 0 Å². The Hall–Kier alpha value is -3.66. The Kier molecular flexibility index (Phi) is 5.24. The number of pyridine rings is 2. The molecule has 1 N–H and O–H groups in total. The standard InChI is InChI=1S/C20H13ClF3N5O2/c1-31-19-15(21)6-12(8-26-19)28-18(30)14-9-27-29(17(14)20(22,23)24)16-10-25-7-11-4-2-3-5-13(11)16/h2-10H,1H3,(H,28,30). The SMILES string of the molecule is COc1ncc(NC(=O)c2cnn(-c3cncc4ccccc34)c2C(F)(F)F)cc1Cl. The summed E-state index contributed by atoms with van der Waals surface area (Å²) in [4.78, 5) is 20.6. The highest BCUT2D eigenvalue weighted by atomic mass is 35.5. The lowest BCUT2D eigenvalue weighted by molar-refractivity contribution is -0.143. The summed E-state index contributed by atoms with van der Waals surface area (Å²) in [7, 11) is 1.36. The van der Waals surface area contributed by atoms with Crippen LogP contribution in [0.15, 0.2) is 55.1 Å². The molecule has 0 saturated carbocycles. The Morgan fingerprint density at radius 2 is 1.94 bits per heavy atom. The Morgan fingerprint density at radius 1 is 1.16 bits per heavy atom. The highest BCUT2D eigenvalue weighted by Crippen LogP contribution is 2.35. The van der Waals surface area contributed by atoms with Crippen LogP contribution in [0.4, 0.5) is 18.9 Å². The van der Waals surface area contributed by atoms with Gasteiger partial charge in [-0.1, -0.05) is 35.9 Å². The van der Waals surface area contributed by atoms with E-state index in [9.17, 15) is 18.0 Å². The van der Waals surface area contributed by atoms with Crippen LogP contribution in [0.1, 0.15) is 16.1 Å². The molecule has 31 heavy (non-hydrogen) atoms. The van der Waals surface area contributed by atoms with Gasteiger partial charge in [0.2, 0.25) is 5.88 Å². The second kappa shape index (κ2) is 7.88. The molecular formula is C20H13ClF3N5O2. The van der Waals surface area contributed by atoms with E-state index in [1.807, 2.05) is 0 Å². The summed E-state index contributed by atoms with van der Waals surface area (Å²) in [5, 5.41) is 7.43. The Labute approximate surface area is 178 Å². The number of carbonyl (C=O) groups excluding carboxylic acids is 1. The van der Waals surface area contributed by atoms with Crippen molar-refractivity contribution in [3.63, 3.8) is 0 Å². The van der Waals surface area contributed by atoms with Crippen LogP contribution in [0.5, 0.6) is 5.88 Å². The molecule has 0 atom stereocenters. The molecule has 0 saturated heterocycles. The first-order valence-electron chi connectivity index (χ1n) is 8.79. The van der Waals surface area contributed by atoms with Gasteiger partial charge >= 0.3 is 6.18 Å². The third kappa shape index (κ3) is 3.89. The summed E-state index contributed by atoms with van der Waals surface area (Å²) in [5.74, 6) is -0.901. The van der Waals surface area contributed by atoms with Gasteiger partial charge in [-0.3, -0.25) is 9.78 Å². The zero-order chi connectivity index (χ0) is 22.2. The predicted octanol–water partition coefficient (Wildman–Crippen LogP) is 4.75. The molecular weight excluding hydrogens is 435 g/mol. The molecule has 158 valence electrons. The maximum atomic E-state index is 14.0. The molecule has 0 aliphatic heterocycles. The monoisotopic (exact) mass is 447 g/mol. The van der Waals surface area contributed by atoms with Gasteiger partial charge in [0, 0.05) is 17.0 Å². The number of halogens is 4. The van der Waals surface area contributed by atoms with Crippen molar-refractivity contribution < 1.29 is 22.7 Å². The molecule has 0 spiro atoms. The van der Waals surface area contributed by atoms with Crippen LogP contribution in [0.25, 0.3) is 16.5 Å². The van der Waals surface area contributed by atoms with Gasteiger partial charge in [0.1, 0.15) is 5.02 Å². The number of alkyl halides is 3. The van der Waals surface area contributed by atoms with Crippen molar-refractivity contribution in [2.45, 2.75) is 6.18 Å². The molecule has 4 aromatic rings. The minimum atomic E-state index is -4.87. The number of hydrogen-bond acceptors (Lipinski definition) is 5. The van der Waals surface area contributed by atoms with E-state index in [0.717, 1.165) is 6.20 Å². The average molecular weight is 448 g/mol. The molecule has 1 amide bonds. The van der Waals surface area contributed by atoms with Crippen LogP contribution in [-0.4, -0.2) is 32.8 Å². The van der Waals surface area contributed by atoms with E-state index in [1.54, 1.807) is 24.3 Å². The number of amides is 1. The van der Waals surface area contributed by atoms with E-state index >= 15 is 0 Å². The number of methoxy groups -OCH3 is 1. The van der Waals surface area contributed by atoms with Crippen LogP contribution >= 0.6 is 11.6 Å². The van der Waals surface area contributed by atoms with Crippen molar-refractivity contribution in [2.24, 2.45) is 0 Å². The van der Waals surface area contributed by atoms with E-state index < -0.39 is 23.3 Å². The van der Waals surface area contributed by atoms with Crippen LogP contribution < -0.4 is 10.1 Å². The lowest BCUT2D eigenvalue weighted by Gasteiger charge is -2.14. The Bertz CT molecular complexity index is 1280. The molecule has 3 aromatic heterocycles. The molecule has 4 rings (SSSR count). The number of nitrogens with one attached hydrogen (secondary N) is 1. The second-order valence-corrected chi connectivity index (χ2v) is 6.77. The van der Waals surface area contributed by atoms with E-state index in [2.05, 4.69) is 20.4 Å². The summed E-state index contributed by atoms with van der Waals surface area (Å²) in [6.07, 6.45) is 0.00634. The van der Waals surface area contributed by atoms with E-state index in [0.29, 0.717) is 15.5 Å². The summed E-state index contributed by atoms with van der Waals surface area (Å²) in [6.45, 7) is 0. The predicted molar refractivity (Wildman–Crippen MR) is 108 cm³/mol. The molecule has 1 aromatic carbocycles. The number of ether oxygens (including phenoxy) is 1. The third-order valence-electron chi connectivity index (χ3n) is 4.42. The molecule has 3 heterocycles. The summed E-state index contributed by atoms with van der Waals surface area (Å²) in [5.41, 5.74) is -1.69. The van der Waals surface area contributed by atoms with Crippen LogP contribution in [0.3, 0.4) is 0 Å². The number of carbonyl (C=O) groups is 1. The highest BCUT2D eigenvalue weighted by Gasteiger charge is 2.41.